The number of ether oxygens (including phenoxy) is 1. The molecule has 0 aromatic heterocycles. The first-order valence-electron chi connectivity index (χ1n) is 3.27. The monoisotopic (exact) mass is 161 g/mol. The summed E-state index contributed by atoms with van der Waals surface area (Å²) in [6.45, 7) is 6.33. The molecule has 3 heteroatoms. The van der Waals surface area contributed by atoms with Crippen LogP contribution in [0, 0.1) is 6.92 Å². The van der Waals surface area contributed by atoms with Gasteiger partial charge in [-0.05, 0) is 13.3 Å². The van der Waals surface area contributed by atoms with Crippen LogP contribution >= 0.6 is 11.8 Å². The minimum absolute atomic E-state index is 0.176. The van der Waals surface area contributed by atoms with Crippen LogP contribution in [0.1, 0.15) is 13.3 Å². The van der Waals surface area contributed by atoms with Gasteiger partial charge in [0.05, 0.1) is 0 Å². The summed E-state index contributed by atoms with van der Waals surface area (Å²) >= 11 is 1.34. The first kappa shape index (κ1) is 9.98. The molecule has 59 valence electrons. The Kier molecular flexibility index (Phi) is 7.08. The Hall–Kier alpha value is -0.0200. The van der Waals surface area contributed by atoms with Crippen LogP contribution in [0.15, 0.2) is 0 Å². The minimum atomic E-state index is 0.176. The maximum absolute atomic E-state index is 10.4. The van der Waals surface area contributed by atoms with Crippen molar-refractivity contribution in [2.45, 2.75) is 13.3 Å². The van der Waals surface area contributed by atoms with E-state index in [-0.39, 0.29) is 5.12 Å². The van der Waals surface area contributed by atoms with E-state index in [0.717, 1.165) is 12.2 Å². The lowest BCUT2D eigenvalue weighted by molar-refractivity contribution is -0.109. The molecule has 0 aliphatic carbocycles. The van der Waals surface area contributed by atoms with Crippen molar-refractivity contribution in [3.63, 3.8) is 0 Å². The normalized spacial score (nSPS) is 9.80. The zero-order chi connectivity index (χ0) is 7.82. The van der Waals surface area contributed by atoms with Gasteiger partial charge in [0, 0.05) is 25.9 Å². The second-order valence-corrected chi connectivity index (χ2v) is 3.08. The van der Waals surface area contributed by atoms with E-state index in [9.17, 15) is 4.79 Å². The molecule has 10 heavy (non-hydrogen) atoms. The number of rotatable bonds is 5. The highest BCUT2D eigenvalue weighted by atomic mass is 32.2. The van der Waals surface area contributed by atoms with Gasteiger partial charge in [-0.25, -0.2) is 0 Å². The molecule has 0 bridgehead atoms. The van der Waals surface area contributed by atoms with Crippen LogP contribution in [-0.4, -0.2) is 24.1 Å². The third kappa shape index (κ3) is 7.98. The van der Waals surface area contributed by atoms with Crippen LogP contribution in [0.4, 0.5) is 0 Å². The Morgan fingerprint density at radius 2 is 2.40 bits per heavy atom. The van der Waals surface area contributed by atoms with Gasteiger partial charge in [0.2, 0.25) is 0 Å². The summed E-state index contributed by atoms with van der Waals surface area (Å²) in [4.78, 5) is 10.4. The van der Waals surface area contributed by atoms with Crippen molar-refractivity contribution in [2.24, 2.45) is 0 Å². The van der Waals surface area contributed by atoms with Gasteiger partial charge in [0.25, 0.3) is 0 Å². The van der Waals surface area contributed by atoms with Gasteiger partial charge in [-0.1, -0.05) is 11.8 Å². The van der Waals surface area contributed by atoms with Crippen LogP contribution in [0.5, 0.6) is 0 Å². The first-order valence-corrected chi connectivity index (χ1v) is 4.26. The van der Waals surface area contributed by atoms with Crippen molar-refractivity contribution in [3.8, 4) is 0 Å². The van der Waals surface area contributed by atoms with E-state index in [2.05, 4.69) is 6.92 Å². The van der Waals surface area contributed by atoms with E-state index in [0.29, 0.717) is 13.2 Å². The molecule has 0 saturated carbocycles. The summed E-state index contributed by atoms with van der Waals surface area (Å²) in [5.74, 6) is 0.856. The Labute approximate surface area is 66.3 Å². The van der Waals surface area contributed by atoms with Gasteiger partial charge in [0.1, 0.15) is 0 Å². The second-order valence-electron chi connectivity index (χ2n) is 1.81. The topological polar surface area (TPSA) is 26.3 Å². The van der Waals surface area contributed by atoms with E-state index < -0.39 is 0 Å². The molecule has 2 nitrogen and oxygen atoms in total. The fraction of sp³-hybridized carbons (Fsp3) is 0.714. The highest BCUT2D eigenvalue weighted by Gasteiger charge is 1.92. The largest absolute Gasteiger partial charge is 0.381 e. The highest BCUT2D eigenvalue weighted by Crippen LogP contribution is 2.02. The molecular weight excluding hydrogens is 148 g/mol. The van der Waals surface area contributed by atoms with Crippen LogP contribution < -0.4 is 0 Å². The van der Waals surface area contributed by atoms with Crippen LogP contribution in [0.25, 0.3) is 0 Å². The SMILES string of the molecule is [CH2]COCCCSC(C)=O. The van der Waals surface area contributed by atoms with Crippen molar-refractivity contribution >= 4 is 16.9 Å². The molecule has 0 aromatic rings. The predicted molar refractivity (Wildman–Crippen MR) is 43.9 cm³/mol. The van der Waals surface area contributed by atoms with Crippen molar-refractivity contribution in [3.05, 3.63) is 6.92 Å². The standard InChI is InChI=1S/C7H13O2S/c1-3-9-5-4-6-10-7(2)8/h1,3-6H2,2H3. The number of hydrogen-bond donors (Lipinski definition) is 0. The van der Waals surface area contributed by atoms with E-state index in [1.54, 1.807) is 6.92 Å². The molecule has 0 N–H and O–H groups in total. The van der Waals surface area contributed by atoms with Gasteiger partial charge in [0.15, 0.2) is 5.12 Å². The van der Waals surface area contributed by atoms with Crippen LogP contribution in [0.3, 0.4) is 0 Å². The van der Waals surface area contributed by atoms with Gasteiger partial charge in [-0.3, -0.25) is 4.79 Å². The molecule has 0 saturated heterocycles. The molecule has 0 amide bonds. The zero-order valence-electron chi connectivity index (χ0n) is 6.26. The quantitative estimate of drug-likeness (QED) is 0.572. The third-order valence-corrected chi connectivity index (χ3v) is 1.78. The molecule has 0 aliphatic heterocycles. The van der Waals surface area contributed by atoms with Gasteiger partial charge < -0.3 is 4.74 Å². The molecule has 0 aromatic carbocycles. The van der Waals surface area contributed by atoms with Gasteiger partial charge >= 0.3 is 0 Å². The van der Waals surface area contributed by atoms with Crippen molar-refractivity contribution in [2.75, 3.05) is 19.0 Å². The van der Waals surface area contributed by atoms with Crippen LogP contribution in [-0.2, 0) is 9.53 Å². The smallest absolute Gasteiger partial charge is 0.185 e. The number of carbonyl (C=O) groups is 1. The highest BCUT2D eigenvalue weighted by molar-refractivity contribution is 8.13. The fourth-order valence-corrected chi connectivity index (χ4v) is 1.03. The number of hydrogen-bond acceptors (Lipinski definition) is 3. The van der Waals surface area contributed by atoms with E-state index >= 15 is 0 Å². The molecule has 0 fully saturated rings. The number of carbonyl (C=O) groups excluding carboxylic acids is 1. The lowest BCUT2D eigenvalue weighted by Crippen LogP contribution is -1.96. The summed E-state index contributed by atoms with van der Waals surface area (Å²) in [5.41, 5.74) is 0. The summed E-state index contributed by atoms with van der Waals surface area (Å²) in [5, 5.41) is 0.176. The maximum Gasteiger partial charge on any atom is 0.185 e. The van der Waals surface area contributed by atoms with Crippen LogP contribution in [0.2, 0.25) is 0 Å². The lowest BCUT2D eigenvalue weighted by atomic mass is 10.5. The molecule has 0 unspecified atom stereocenters. The van der Waals surface area contributed by atoms with E-state index in [4.69, 9.17) is 4.74 Å². The Bertz CT molecular complexity index is 93.6. The Morgan fingerprint density at radius 1 is 1.70 bits per heavy atom. The zero-order valence-corrected chi connectivity index (χ0v) is 7.08. The minimum Gasteiger partial charge on any atom is -0.381 e. The van der Waals surface area contributed by atoms with Crippen molar-refractivity contribution < 1.29 is 9.53 Å². The maximum atomic E-state index is 10.4. The van der Waals surface area contributed by atoms with E-state index in [1.165, 1.54) is 11.8 Å². The average molecular weight is 161 g/mol. The van der Waals surface area contributed by atoms with Crippen molar-refractivity contribution in [1.82, 2.24) is 0 Å². The molecule has 0 spiro atoms. The van der Waals surface area contributed by atoms with Gasteiger partial charge in [-0.2, -0.15) is 0 Å². The summed E-state index contributed by atoms with van der Waals surface area (Å²) in [6, 6.07) is 0. The molecular formula is C7H13O2S. The Balaban J connectivity index is 2.84. The summed E-state index contributed by atoms with van der Waals surface area (Å²) in [6.07, 6.45) is 0.930. The second kappa shape index (κ2) is 7.09. The van der Waals surface area contributed by atoms with E-state index in [1.807, 2.05) is 0 Å². The average Bonchev–Trinajstić information content (AvgIpc) is 1.87. The molecule has 0 atom stereocenters. The molecule has 0 aliphatic rings. The fourth-order valence-electron chi connectivity index (χ4n) is 0.479. The van der Waals surface area contributed by atoms with Gasteiger partial charge in [-0.15, -0.1) is 0 Å². The molecule has 0 heterocycles. The first-order chi connectivity index (χ1) is 4.77. The molecule has 1 radical (unpaired) electrons. The summed E-state index contributed by atoms with van der Waals surface area (Å²) in [7, 11) is 0. The molecule has 0 rings (SSSR count). The predicted octanol–water partition coefficient (Wildman–Crippen LogP) is 1.51. The third-order valence-electron chi connectivity index (χ3n) is 0.883. The number of thioether (sulfide) groups is 1. The van der Waals surface area contributed by atoms with Crippen molar-refractivity contribution in [1.29, 1.82) is 0 Å². The lowest BCUT2D eigenvalue weighted by Gasteiger charge is -1.97. The Morgan fingerprint density at radius 3 is 2.90 bits per heavy atom. The summed E-state index contributed by atoms with van der Waals surface area (Å²) < 4.78 is 4.98.